The molecule has 2 aromatic carbocycles. The van der Waals surface area contributed by atoms with Gasteiger partial charge in [-0.3, -0.25) is 4.79 Å². The van der Waals surface area contributed by atoms with E-state index in [1.165, 1.54) is 5.56 Å². The third-order valence-electron chi connectivity index (χ3n) is 5.59. The van der Waals surface area contributed by atoms with Crippen LogP contribution in [0.1, 0.15) is 18.1 Å². The molecule has 0 aliphatic carbocycles. The standard InChI is InChI=1S/C23H26N4O.2ClH/c1-17(21-12-25-13-21)23(28)26-14-20-4-2-3-5-22(20)19-8-6-18(7-9-19)15-27-11-10-24-16-27;;/h2-11,16-17,21,25H,12-15H2,1H3,(H,26,28);2*1H. The maximum atomic E-state index is 12.4. The van der Waals surface area contributed by atoms with Crippen molar-refractivity contribution >= 4 is 30.7 Å². The predicted molar refractivity (Wildman–Crippen MR) is 125 cm³/mol. The first-order valence-corrected chi connectivity index (χ1v) is 9.82. The van der Waals surface area contributed by atoms with Gasteiger partial charge in [-0.2, -0.15) is 0 Å². The fraction of sp³-hybridized carbons (Fsp3) is 0.304. The van der Waals surface area contributed by atoms with Crippen molar-refractivity contribution in [1.29, 1.82) is 0 Å². The Labute approximate surface area is 190 Å². The number of aromatic nitrogens is 2. The Morgan fingerprint density at radius 1 is 1.17 bits per heavy atom. The molecule has 30 heavy (non-hydrogen) atoms. The number of imidazole rings is 1. The molecule has 4 rings (SSSR count). The molecule has 1 fully saturated rings. The third kappa shape index (κ3) is 5.63. The Morgan fingerprint density at radius 2 is 1.90 bits per heavy atom. The molecule has 1 saturated heterocycles. The van der Waals surface area contributed by atoms with Crippen molar-refractivity contribution in [2.45, 2.75) is 20.0 Å². The monoisotopic (exact) mass is 446 g/mol. The fourth-order valence-corrected chi connectivity index (χ4v) is 3.56. The molecule has 0 bridgehead atoms. The molecule has 1 aliphatic heterocycles. The highest BCUT2D eigenvalue weighted by Crippen LogP contribution is 2.25. The summed E-state index contributed by atoms with van der Waals surface area (Å²) in [4.78, 5) is 16.5. The largest absolute Gasteiger partial charge is 0.352 e. The quantitative estimate of drug-likeness (QED) is 0.578. The molecular formula is C23H28Cl2N4O. The van der Waals surface area contributed by atoms with E-state index in [1.54, 1.807) is 6.20 Å². The number of nitrogens with zero attached hydrogens (tertiary/aromatic N) is 2. The minimum absolute atomic E-state index is 0. The maximum Gasteiger partial charge on any atom is 0.223 e. The molecule has 1 amide bonds. The molecule has 160 valence electrons. The van der Waals surface area contributed by atoms with E-state index in [0.717, 1.165) is 36.3 Å². The van der Waals surface area contributed by atoms with Gasteiger partial charge in [-0.1, -0.05) is 55.5 Å². The number of hydrogen-bond donors (Lipinski definition) is 2. The number of carbonyl (C=O) groups excluding carboxylic acids is 1. The van der Waals surface area contributed by atoms with E-state index in [0.29, 0.717) is 12.5 Å². The van der Waals surface area contributed by atoms with Gasteiger partial charge in [-0.25, -0.2) is 4.98 Å². The van der Waals surface area contributed by atoms with E-state index >= 15 is 0 Å². The van der Waals surface area contributed by atoms with Crippen molar-refractivity contribution in [3.05, 3.63) is 78.4 Å². The van der Waals surface area contributed by atoms with Crippen LogP contribution >= 0.6 is 24.8 Å². The number of hydrogen-bond acceptors (Lipinski definition) is 3. The van der Waals surface area contributed by atoms with Gasteiger partial charge in [0.25, 0.3) is 0 Å². The lowest BCUT2D eigenvalue weighted by Crippen LogP contribution is -2.49. The zero-order valence-corrected chi connectivity index (χ0v) is 18.6. The zero-order chi connectivity index (χ0) is 19.3. The number of nitrogens with one attached hydrogen (secondary N) is 2. The Balaban J connectivity index is 0.00000160. The van der Waals surface area contributed by atoms with Crippen LogP contribution in [0.5, 0.6) is 0 Å². The lowest BCUT2D eigenvalue weighted by molar-refractivity contribution is -0.126. The Bertz CT molecular complexity index is 925. The van der Waals surface area contributed by atoms with Crippen LogP contribution in [-0.4, -0.2) is 28.5 Å². The molecule has 0 spiro atoms. The van der Waals surface area contributed by atoms with E-state index in [-0.39, 0.29) is 36.6 Å². The first-order chi connectivity index (χ1) is 13.7. The molecule has 3 aromatic rings. The van der Waals surface area contributed by atoms with Crippen LogP contribution in [0.3, 0.4) is 0 Å². The lowest BCUT2D eigenvalue weighted by atomic mass is 9.88. The molecule has 2 N–H and O–H groups in total. The van der Waals surface area contributed by atoms with E-state index in [1.807, 2.05) is 31.6 Å². The number of halogens is 2. The summed E-state index contributed by atoms with van der Waals surface area (Å²) in [6.07, 6.45) is 5.58. The van der Waals surface area contributed by atoms with Gasteiger partial charge >= 0.3 is 0 Å². The molecule has 1 aromatic heterocycles. The summed E-state index contributed by atoms with van der Waals surface area (Å²) in [5, 5.41) is 6.36. The molecule has 1 atom stereocenters. The van der Waals surface area contributed by atoms with E-state index in [9.17, 15) is 4.79 Å². The number of amides is 1. The van der Waals surface area contributed by atoms with Crippen LogP contribution in [-0.2, 0) is 17.9 Å². The molecule has 7 heteroatoms. The highest BCUT2D eigenvalue weighted by molar-refractivity contribution is 5.85. The first-order valence-electron chi connectivity index (χ1n) is 9.82. The van der Waals surface area contributed by atoms with Gasteiger partial charge in [0.1, 0.15) is 0 Å². The van der Waals surface area contributed by atoms with Crippen molar-refractivity contribution in [2.24, 2.45) is 11.8 Å². The number of rotatable bonds is 7. The summed E-state index contributed by atoms with van der Waals surface area (Å²) in [6, 6.07) is 16.9. The second kappa shape index (κ2) is 11.2. The lowest BCUT2D eigenvalue weighted by Gasteiger charge is -2.31. The van der Waals surface area contributed by atoms with Gasteiger partial charge in [-0.05, 0) is 41.3 Å². The second-order valence-corrected chi connectivity index (χ2v) is 7.51. The van der Waals surface area contributed by atoms with Crippen LogP contribution in [0.15, 0.2) is 67.3 Å². The molecule has 0 saturated carbocycles. The summed E-state index contributed by atoms with van der Waals surface area (Å²) in [6.45, 7) is 5.26. The molecular weight excluding hydrogens is 419 g/mol. The van der Waals surface area contributed by atoms with Crippen LogP contribution < -0.4 is 10.6 Å². The van der Waals surface area contributed by atoms with Gasteiger partial charge in [0, 0.05) is 31.4 Å². The third-order valence-corrected chi connectivity index (χ3v) is 5.59. The van der Waals surface area contributed by atoms with E-state index in [4.69, 9.17) is 0 Å². The average molecular weight is 447 g/mol. The molecule has 5 nitrogen and oxygen atoms in total. The minimum atomic E-state index is 0. The topological polar surface area (TPSA) is 59.0 Å². The predicted octanol–water partition coefficient (Wildman–Crippen LogP) is 3.91. The van der Waals surface area contributed by atoms with Crippen molar-refractivity contribution in [2.75, 3.05) is 13.1 Å². The molecule has 1 unspecified atom stereocenters. The smallest absolute Gasteiger partial charge is 0.223 e. The summed E-state index contributed by atoms with van der Waals surface area (Å²) in [5.41, 5.74) is 4.69. The Morgan fingerprint density at radius 3 is 2.53 bits per heavy atom. The highest BCUT2D eigenvalue weighted by Gasteiger charge is 2.28. The van der Waals surface area contributed by atoms with Crippen LogP contribution in [0.25, 0.3) is 11.1 Å². The summed E-state index contributed by atoms with van der Waals surface area (Å²) in [5.74, 6) is 0.645. The van der Waals surface area contributed by atoms with E-state index in [2.05, 4.69) is 56.6 Å². The van der Waals surface area contributed by atoms with Crippen LogP contribution in [0, 0.1) is 11.8 Å². The highest BCUT2D eigenvalue weighted by atomic mass is 35.5. The molecule has 1 aliphatic rings. The van der Waals surface area contributed by atoms with Crippen LogP contribution in [0.4, 0.5) is 0 Å². The number of benzene rings is 2. The maximum absolute atomic E-state index is 12.4. The Kier molecular flexibility index (Phi) is 8.90. The van der Waals surface area contributed by atoms with Gasteiger partial charge in [0.05, 0.1) is 6.33 Å². The van der Waals surface area contributed by atoms with Gasteiger partial charge in [0.15, 0.2) is 0 Å². The summed E-state index contributed by atoms with van der Waals surface area (Å²) < 4.78 is 2.05. The average Bonchev–Trinajstić information content (AvgIpc) is 3.18. The first kappa shape index (κ1) is 23.9. The summed E-state index contributed by atoms with van der Waals surface area (Å²) in [7, 11) is 0. The normalized spacial score (nSPS) is 14.0. The number of carbonyl (C=O) groups is 1. The minimum Gasteiger partial charge on any atom is -0.352 e. The van der Waals surface area contributed by atoms with Gasteiger partial charge in [0.2, 0.25) is 5.91 Å². The SMILES string of the molecule is CC(C(=O)NCc1ccccc1-c1ccc(Cn2ccnc2)cc1)C1CNC1.Cl.Cl. The zero-order valence-electron chi connectivity index (χ0n) is 17.0. The van der Waals surface area contributed by atoms with Crippen molar-refractivity contribution in [3.63, 3.8) is 0 Å². The second-order valence-electron chi connectivity index (χ2n) is 7.51. The van der Waals surface area contributed by atoms with Gasteiger partial charge in [-0.15, -0.1) is 24.8 Å². The van der Waals surface area contributed by atoms with Gasteiger partial charge < -0.3 is 15.2 Å². The van der Waals surface area contributed by atoms with Crippen LogP contribution in [0.2, 0.25) is 0 Å². The van der Waals surface area contributed by atoms with E-state index < -0.39 is 0 Å². The molecule has 2 heterocycles. The summed E-state index contributed by atoms with van der Waals surface area (Å²) >= 11 is 0. The van der Waals surface area contributed by atoms with Crippen molar-refractivity contribution in [3.8, 4) is 11.1 Å². The van der Waals surface area contributed by atoms with Crippen molar-refractivity contribution < 1.29 is 4.79 Å². The Hall–Kier alpha value is -2.34. The fourth-order valence-electron chi connectivity index (χ4n) is 3.56. The molecule has 0 radical (unpaired) electrons. The van der Waals surface area contributed by atoms with Crippen molar-refractivity contribution in [1.82, 2.24) is 20.2 Å².